The molecule has 0 fully saturated rings. The van der Waals surface area contributed by atoms with E-state index in [2.05, 4.69) is 26.2 Å². The number of pyridine rings is 1. The number of nitrogens with zero attached hydrogens (tertiary/aromatic N) is 1. The van der Waals surface area contributed by atoms with E-state index in [0.717, 1.165) is 15.7 Å². The third-order valence-electron chi connectivity index (χ3n) is 2.59. The molecule has 0 unspecified atom stereocenters. The predicted molar refractivity (Wildman–Crippen MR) is 74.3 cm³/mol. The van der Waals surface area contributed by atoms with E-state index in [1.807, 2.05) is 43.3 Å². The van der Waals surface area contributed by atoms with E-state index in [-0.39, 0.29) is 5.91 Å². The molecular formula is C14H13BrN2O. The van der Waals surface area contributed by atoms with Crippen molar-refractivity contribution in [3.05, 3.63) is 63.9 Å². The van der Waals surface area contributed by atoms with Crippen LogP contribution in [0.15, 0.2) is 47.1 Å². The van der Waals surface area contributed by atoms with E-state index in [0.29, 0.717) is 12.1 Å². The van der Waals surface area contributed by atoms with Crippen LogP contribution in [0.4, 0.5) is 0 Å². The zero-order valence-electron chi connectivity index (χ0n) is 9.98. The molecule has 1 amide bonds. The summed E-state index contributed by atoms with van der Waals surface area (Å²) in [5.74, 6) is -0.0781. The van der Waals surface area contributed by atoms with Crippen LogP contribution in [-0.2, 0) is 6.54 Å². The first kappa shape index (κ1) is 12.8. The molecule has 0 aliphatic carbocycles. The predicted octanol–water partition coefficient (Wildman–Crippen LogP) is 3.08. The zero-order valence-corrected chi connectivity index (χ0v) is 11.6. The minimum absolute atomic E-state index is 0.0781. The van der Waals surface area contributed by atoms with Crippen molar-refractivity contribution in [2.75, 3.05) is 0 Å². The van der Waals surface area contributed by atoms with Gasteiger partial charge in [0.1, 0.15) is 0 Å². The summed E-state index contributed by atoms with van der Waals surface area (Å²) in [6.07, 6.45) is 1.71. The highest BCUT2D eigenvalue weighted by molar-refractivity contribution is 9.10. The first-order valence-corrected chi connectivity index (χ1v) is 6.40. The summed E-state index contributed by atoms with van der Waals surface area (Å²) in [4.78, 5) is 16.2. The third-order valence-corrected chi connectivity index (χ3v) is 3.08. The van der Waals surface area contributed by atoms with Crippen LogP contribution in [0.2, 0.25) is 0 Å². The number of carbonyl (C=O) groups is 1. The van der Waals surface area contributed by atoms with Gasteiger partial charge < -0.3 is 5.32 Å². The molecule has 0 aliphatic heterocycles. The third kappa shape index (κ3) is 3.17. The Labute approximate surface area is 114 Å². The molecule has 0 saturated carbocycles. The van der Waals surface area contributed by atoms with Gasteiger partial charge >= 0.3 is 0 Å². The molecule has 3 nitrogen and oxygen atoms in total. The Morgan fingerprint density at radius 3 is 2.83 bits per heavy atom. The monoisotopic (exact) mass is 304 g/mol. The molecule has 1 heterocycles. The minimum Gasteiger partial charge on any atom is -0.346 e. The van der Waals surface area contributed by atoms with Gasteiger partial charge in [0, 0.05) is 16.2 Å². The second kappa shape index (κ2) is 5.78. The van der Waals surface area contributed by atoms with Gasteiger partial charge in [0.25, 0.3) is 5.91 Å². The number of hydrogen-bond donors (Lipinski definition) is 1. The van der Waals surface area contributed by atoms with Crippen LogP contribution < -0.4 is 5.32 Å². The molecule has 18 heavy (non-hydrogen) atoms. The highest BCUT2D eigenvalue weighted by Crippen LogP contribution is 2.15. The number of hydrogen-bond acceptors (Lipinski definition) is 2. The van der Waals surface area contributed by atoms with Crippen LogP contribution in [0.3, 0.4) is 0 Å². The van der Waals surface area contributed by atoms with E-state index >= 15 is 0 Å². The fraction of sp³-hybridized carbons (Fsp3) is 0.143. The SMILES string of the molecule is Cc1cc(Br)ccc1C(=O)NCc1ccccn1. The fourth-order valence-electron chi connectivity index (χ4n) is 1.65. The summed E-state index contributed by atoms with van der Waals surface area (Å²) in [7, 11) is 0. The van der Waals surface area contributed by atoms with Gasteiger partial charge in [0.2, 0.25) is 0 Å². The van der Waals surface area contributed by atoms with Crippen LogP contribution in [0.25, 0.3) is 0 Å². The Morgan fingerprint density at radius 1 is 1.33 bits per heavy atom. The van der Waals surface area contributed by atoms with Gasteiger partial charge in [0.05, 0.1) is 12.2 Å². The molecule has 1 aromatic carbocycles. The van der Waals surface area contributed by atoms with Gasteiger partial charge in [-0.1, -0.05) is 22.0 Å². The highest BCUT2D eigenvalue weighted by atomic mass is 79.9. The standard InChI is InChI=1S/C14H13BrN2O/c1-10-8-11(15)5-6-13(10)14(18)17-9-12-4-2-3-7-16-12/h2-8H,9H2,1H3,(H,17,18). The molecule has 0 radical (unpaired) electrons. The minimum atomic E-state index is -0.0781. The number of aryl methyl sites for hydroxylation is 1. The molecule has 0 aliphatic rings. The molecule has 1 aromatic heterocycles. The van der Waals surface area contributed by atoms with Crippen LogP contribution in [0, 0.1) is 6.92 Å². The van der Waals surface area contributed by atoms with Gasteiger partial charge in [-0.2, -0.15) is 0 Å². The second-order valence-electron chi connectivity index (χ2n) is 3.96. The lowest BCUT2D eigenvalue weighted by Crippen LogP contribution is -2.24. The van der Waals surface area contributed by atoms with E-state index in [9.17, 15) is 4.79 Å². The molecule has 2 aromatic rings. The van der Waals surface area contributed by atoms with Gasteiger partial charge in [-0.05, 0) is 42.8 Å². The van der Waals surface area contributed by atoms with Gasteiger partial charge in [0.15, 0.2) is 0 Å². The fourth-order valence-corrected chi connectivity index (χ4v) is 2.13. The highest BCUT2D eigenvalue weighted by Gasteiger charge is 2.08. The van der Waals surface area contributed by atoms with Crippen LogP contribution >= 0.6 is 15.9 Å². The average Bonchev–Trinajstić information content (AvgIpc) is 2.37. The summed E-state index contributed by atoms with van der Waals surface area (Å²) in [5, 5.41) is 2.86. The first-order chi connectivity index (χ1) is 8.66. The normalized spacial score (nSPS) is 10.1. The van der Waals surface area contributed by atoms with Gasteiger partial charge in [-0.15, -0.1) is 0 Å². The lowest BCUT2D eigenvalue weighted by atomic mass is 10.1. The van der Waals surface area contributed by atoms with E-state index in [4.69, 9.17) is 0 Å². The largest absolute Gasteiger partial charge is 0.346 e. The van der Waals surface area contributed by atoms with Crippen molar-refractivity contribution >= 4 is 21.8 Å². The van der Waals surface area contributed by atoms with Crippen molar-refractivity contribution in [3.8, 4) is 0 Å². The summed E-state index contributed by atoms with van der Waals surface area (Å²) < 4.78 is 0.973. The lowest BCUT2D eigenvalue weighted by molar-refractivity contribution is 0.0950. The average molecular weight is 305 g/mol. The molecule has 1 N–H and O–H groups in total. The number of amides is 1. The van der Waals surface area contributed by atoms with Gasteiger partial charge in [-0.3, -0.25) is 9.78 Å². The van der Waals surface area contributed by atoms with Crippen molar-refractivity contribution < 1.29 is 4.79 Å². The summed E-state index contributed by atoms with van der Waals surface area (Å²) in [5.41, 5.74) is 2.48. The molecule has 4 heteroatoms. The van der Waals surface area contributed by atoms with Gasteiger partial charge in [-0.25, -0.2) is 0 Å². The van der Waals surface area contributed by atoms with Crippen LogP contribution in [0.1, 0.15) is 21.6 Å². The number of rotatable bonds is 3. The quantitative estimate of drug-likeness (QED) is 0.947. The van der Waals surface area contributed by atoms with E-state index in [1.165, 1.54) is 0 Å². The number of aromatic nitrogens is 1. The van der Waals surface area contributed by atoms with Crippen molar-refractivity contribution in [3.63, 3.8) is 0 Å². The van der Waals surface area contributed by atoms with Crippen molar-refractivity contribution in [2.45, 2.75) is 13.5 Å². The Bertz CT molecular complexity index is 555. The smallest absolute Gasteiger partial charge is 0.251 e. The van der Waals surface area contributed by atoms with Crippen molar-refractivity contribution in [1.29, 1.82) is 0 Å². The van der Waals surface area contributed by atoms with Crippen LogP contribution in [-0.4, -0.2) is 10.9 Å². The summed E-state index contributed by atoms with van der Waals surface area (Å²) in [6, 6.07) is 11.2. The Morgan fingerprint density at radius 2 is 2.17 bits per heavy atom. The number of nitrogens with one attached hydrogen (secondary N) is 1. The summed E-state index contributed by atoms with van der Waals surface area (Å²) >= 11 is 3.38. The van der Waals surface area contributed by atoms with Crippen molar-refractivity contribution in [1.82, 2.24) is 10.3 Å². The first-order valence-electron chi connectivity index (χ1n) is 5.61. The summed E-state index contributed by atoms with van der Waals surface area (Å²) in [6.45, 7) is 2.36. The molecule has 92 valence electrons. The molecule has 2 rings (SSSR count). The number of carbonyl (C=O) groups excluding carboxylic acids is 1. The Balaban J connectivity index is 2.04. The number of benzene rings is 1. The van der Waals surface area contributed by atoms with Crippen molar-refractivity contribution in [2.24, 2.45) is 0 Å². The zero-order chi connectivity index (χ0) is 13.0. The molecule has 0 saturated heterocycles. The Kier molecular flexibility index (Phi) is 4.10. The van der Waals surface area contributed by atoms with Crippen LogP contribution in [0.5, 0.6) is 0 Å². The molecule has 0 bridgehead atoms. The maximum atomic E-state index is 12.0. The second-order valence-corrected chi connectivity index (χ2v) is 4.88. The van der Waals surface area contributed by atoms with E-state index in [1.54, 1.807) is 6.20 Å². The lowest BCUT2D eigenvalue weighted by Gasteiger charge is -2.07. The Hall–Kier alpha value is -1.68. The topological polar surface area (TPSA) is 42.0 Å². The molecule has 0 spiro atoms. The maximum Gasteiger partial charge on any atom is 0.251 e. The maximum absolute atomic E-state index is 12.0. The van der Waals surface area contributed by atoms with E-state index < -0.39 is 0 Å². The molecule has 0 atom stereocenters. The number of halogens is 1. The molecular weight excluding hydrogens is 292 g/mol.